The van der Waals surface area contributed by atoms with Crippen LogP contribution in [0.3, 0.4) is 0 Å². The van der Waals surface area contributed by atoms with Crippen LogP contribution in [0.5, 0.6) is 0 Å². The number of aromatic nitrogens is 5. The van der Waals surface area contributed by atoms with E-state index < -0.39 is 39.2 Å². The number of aliphatic imine (C=N–C) groups is 1. The van der Waals surface area contributed by atoms with E-state index in [-0.39, 0.29) is 0 Å². The maximum atomic E-state index is 4.72. The quantitative estimate of drug-likeness (QED) is 0.152. The standard InChI is InChI=1S/C51H34N7.Ac/c1-2-30-52-33-36-13-20-42(21-14-36)57(44-24-17-38(18-25-44)51-54-34-53-35-55-51)43-22-15-37(16-23-43)39-19-27-49-47(32-39)45-26-28-48-46(29-31-56(48)40-9-5-3-6-10-40)50(45)58(49)41-11-7-4-8-12-41;/h1-32,34-35H;. The Morgan fingerprint density at radius 2 is 1.10 bits per heavy atom. The minimum absolute atomic E-state index is 0.649. The molecule has 0 saturated carbocycles. The predicted octanol–water partition coefficient (Wildman–Crippen LogP) is 11.9. The van der Waals surface area contributed by atoms with Gasteiger partial charge >= 0.3 is 203 Å². The summed E-state index contributed by atoms with van der Waals surface area (Å²) in [5.74, 6) is 0.649. The van der Waals surface area contributed by atoms with E-state index in [2.05, 4.69) is 212 Å². The Hall–Kier alpha value is -6.59. The van der Waals surface area contributed by atoms with Crippen molar-refractivity contribution in [1.29, 1.82) is 0 Å². The van der Waals surface area contributed by atoms with Crippen LogP contribution in [-0.2, 0) is 0 Å². The number of anilines is 3. The van der Waals surface area contributed by atoms with Gasteiger partial charge in [0.1, 0.15) is 12.7 Å². The second kappa shape index (κ2) is 15.3. The van der Waals surface area contributed by atoms with Crippen molar-refractivity contribution in [2.75, 3.05) is 4.90 Å². The summed E-state index contributed by atoms with van der Waals surface area (Å²) in [7, 11) is 0. The van der Waals surface area contributed by atoms with Crippen molar-refractivity contribution in [3.8, 4) is 33.9 Å². The Balaban J connectivity index is 1.00. The normalized spacial score (nSPS) is 12.2. The molecular weight excluding hydrogens is 938 g/mol. The Bertz CT molecular complexity index is 3220. The summed E-state index contributed by atoms with van der Waals surface area (Å²) in [5, 5.41) is 3.67. The predicted molar refractivity (Wildman–Crippen MR) is 238 cm³/mol. The fourth-order valence-electron chi connectivity index (χ4n) is 8.28. The summed E-state index contributed by atoms with van der Waals surface area (Å²) in [6, 6.07) is 61.1. The first-order chi connectivity index (χ1) is 29.3. The Labute approximate surface area is 362 Å². The molecular formula is C51H34AcN7. The molecule has 0 radical (unpaired) electrons. The van der Waals surface area contributed by atoms with E-state index >= 15 is 0 Å². The van der Waals surface area contributed by atoms with Gasteiger partial charge in [-0.05, 0) is 42.5 Å². The van der Waals surface area contributed by atoms with Crippen LogP contribution in [0.4, 0.5) is 17.1 Å². The average molecular weight is 972 g/mol. The van der Waals surface area contributed by atoms with Crippen LogP contribution in [0.25, 0.3) is 66.6 Å². The Kier molecular flexibility index (Phi) is 9.22. The van der Waals surface area contributed by atoms with Crippen molar-refractivity contribution >= 4 is 56.8 Å². The van der Waals surface area contributed by atoms with Gasteiger partial charge < -0.3 is 9.13 Å². The molecule has 11 rings (SSSR count). The molecule has 0 N–H and O–H groups in total. The number of nitrogens with zero attached hydrogens (tertiary/aromatic N) is 7. The number of hydrogen-bond acceptors (Lipinski definition) is 5. The summed E-state index contributed by atoms with van der Waals surface area (Å²) in [4.78, 5) is 19.7. The first kappa shape index (κ1) is 35.6. The average Bonchev–Trinajstić information content (AvgIpc) is 3.90. The van der Waals surface area contributed by atoms with Crippen molar-refractivity contribution in [1.82, 2.24) is 24.1 Å². The third-order valence-corrected chi connectivity index (χ3v) is 16.1. The van der Waals surface area contributed by atoms with Gasteiger partial charge in [0.25, 0.3) is 0 Å². The molecule has 7 aromatic carbocycles. The van der Waals surface area contributed by atoms with Gasteiger partial charge in [0.2, 0.25) is 0 Å². The summed E-state index contributed by atoms with van der Waals surface area (Å²) in [5.41, 5.74) is 13.5. The molecule has 0 atom stereocenters. The molecule has 59 heavy (non-hydrogen) atoms. The van der Waals surface area contributed by atoms with Crippen molar-refractivity contribution in [2.45, 2.75) is 0 Å². The monoisotopic (exact) mass is 971 g/mol. The summed E-state index contributed by atoms with van der Waals surface area (Å²) in [6.07, 6.45) is 9.25. The summed E-state index contributed by atoms with van der Waals surface area (Å²) < 4.78 is 8.34. The number of rotatable bonds is 8. The van der Waals surface area contributed by atoms with Gasteiger partial charge in [-0.25, -0.2) is 4.98 Å². The van der Waals surface area contributed by atoms with E-state index in [1.165, 1.54) is 57.3 Å². The summed E-state index contributed by atoms with van der Waals surface area (Å²) >= 11 is -1.30. The number of benzene rings is 7. The van der Waals surface area contributed by atoms with Crippen LogP contribution >= 0.6 is 0 Å². The van der Waals surface area contributed by atoms with Crippen LogP contribution in [0, 0.1) is 39.2 Å². The van der Waals surface area contributed by atoms with Gasteiger partial charge in [-0.15, -0.1) is 0 Å². The number of hydrogen-bond donors (Lipinski definition) is 0. The van der Waals surface area contributed by atoms with Crippen molar-refractivity contribution < 1.29 is 39.2 Å². The van der Waals surface area contributed by atoms with Crippen molar-refractivity contribution in [3.63, 3.8) is 0 Å². The van der Waals surface area contributed by atoms with Gasteiger partial charge in [-0.3, -0.25) is 0 Å². The number of fused-ring (bicyclic) bond motifs is 5. The molecule has 0 fully saturated rings. The summed E-state index contributed by atoms with van der Waals surface area (Å²) in [6.45, 7) is 0. The third kappa shape index (κ3) is 6.55. The molecule has 10 aromatic rings. The molecule has 1 aliphatic heterocycles. The fraction of sp³-hybridized carbons (Fsp3) is 0. The molecule has 3 aromatic heterocycles. The molecule has 276 valence electrons. The van der Waals surface area contributed by atoms with Crippen LogP contribution in [0.2, 0.25) is 0 Å². The zero-order chi connectivity index (χ0) is 39.1. The molecule has 0 aliphatic carbocycles. The molecule has 0 bridgehead atoms. The molecule has 0 saturated heterocycles. The molecule has 0 unspecified atom stereocenters. The van der Waals surface area contributed by atoms with Gasteiger partial charge in [-0.2, -0.15) is 0 Å². The molecule has 7 nitrogen and oxygen atoms in total. The molecule has 0 spiro atoms. The van der Waals surface area contributed by atoms with Crippen molar-refractivity contribution in [3.05, 3.63) is 202 Å². The van der Waals surface area contributed by atoms with E-state index in [1.54, 1.807) is 0 Å². The number of allylic oxidation sites excluding steroid dienone is 1. The van der Waals surface area contributed by atoms with Crippen molar-refractivity contribution in [2.24, 2.45) is 4.99 Å². The van der Waals surface area contributed by atoms with E-state index in [9.17, 15) is 0 Å². The maximum absolute atomic E-state index is 4.72. The van der Waals surface area contributed by atoms with Gasteiger partial charge in [-0.1, -0.05) is 42.5 Å². The molecule has 0 amide bonds. The number of para-hydroxylation sites is 2. The van der Waals surface area contributed by atoms with Crippen LogP contribution in [0.1, 0.15) is 5.56 Å². The second-order valence-corrected chi connectivity index (χ2v) is 19.7. The van der Waals surface area contributed by atoms with E-state index in [0.29, 0.717) is 5.82 Å². The van der Waals surface area contributed by atoms with E-state index in [4.69, 9.17) is 4.99 Å². The topological polar surface area (TPSA) is 64.1 Å². The zero-order valence-corrected chi connectivity index (χ0v) is 36.6. The third-order valence-electron chi connectivity index (χ3n) is 11.1. The zero-order valence-electron chi connectivity index (χ0n) is 31.8. The molecule has 1 aliphatic rings. The SMILES string of the molecule is C1=[CH][Ac]=[C](c2ccc(N(c3ccc(-c4ccc5c(c4)c4ccc6c(ccn6-c6ccccc6)c4n5-c4ccccc4)cc3)c3ccc(-c4ncncn4)cc3)cc2)N=C1. The molecule has 8 heteroatoms. The van der Waals surface area contributed by atoms with Crippen LogP contribution < -0.4 is 4.90 Å². The Morgan fingerprint density at radius 3 is 1.76 bits per heavy atom. The first-order valence-electron chi connectivity index (χ1n) is 19.6. The van der Waals surface area contributed by atoms with Crippen LogP contribution in [0.15, 0.2) is 201 Å². The second-order valence-electron chi connectivity index (χ2n) is 14.5. The minimum atomic E-state index is -1.30. The van der Waals surface area contributed by atoms with E-state index in [1.807, 2.05) is 6.21 Å². The van der Waals surface area contributed by atoms with E-state index in [0.717, 1.165) is 39.6 Å². The molecule has 4 heterocycles. The Morgan fingerprint density at radius 1 is 0.492 bits per heavy atom. The first-order valence-corrected chi connectivity index (χ1v) is 24.7. The van der Waals surface area contributed by atoms with Gasteiger partial charge in [0, 0.05) is 33.7 Å². The van der Waals surface area contributed by atoms with Crippen LogP contribution in [-0.4, -0.2) is 31.1 Å². The van der Waals surface area contributed by atoms with Gasteiger partial charge in [0.15, 0.2) is 0 Å². The van der Waals surface area contributed by atoms with Gasteiger partial charge in [0.05, 0.1) is 16.6 Å². The fourth-order valence-corrected chi connectivity index (χ4v) is 12.2.